The highest BCUT2D eigenvalue weighted by atomic mass is 35.5. The minimum atomic E-state index is -2.75. The van der Waals surface area contributed by atoms with Crippen molar-refractivity contribution in [1.82, 2.24) is 14.7 Å². The Morgan fingerprint density at radius 3 is 1.02 bits per heavy atom. The van der Waals surface area contributed by atoms with Crippen molar-refractivity contribution < 1.29 is 54.2 Å². The Balaban J connectivity index is 0.000000298. The van der Waals surface area contributed by atoms with Crippen molar-refractivity contribution in [3.63, 3.8) is 0 Å². The van der Waals surface area contributed by atoms with Crippen LogP contribution in [0, 0.1) is 17.8 Å². The second kappa shape index (κ2) is 23.2. The molecule has 6 atom stereocenters. The molecule has 3 N–H and O–H groups in total. The summed E-state index contributed by atoms with van der Waals surface area (Å²) in [7, 11) is 4.60. The van der Waals surface area contributed by atoms with Crippen molar-refractivity contribution in [2.45, 2.75) is 93.9 Å². The van der Waals surface area contributed by atoms with Crippen LogP contribution < -0.4 is 14.2 Å². The van der Waals surface area contributed by atoms with E-state index >= 15 is 0 Å². The number of nitrogens with zero attached hydrogens (tertiary/aromatic N) is 3. The van der Waals surface area contributed by atoms with E-state index in [-0.39, 0.29) is 32.0 Å². The lowest BCUT2D eigenvalue weighted by Gasteiger charge is -2.41. The zero-order valence-electron chi connectivity index (χ0n) is 52.1. The lowest BCUT2D eigenvalue weighted by Crippen LogP contribution is -2.43. The molecule has 0 bridgehead atoms. The standard InChI is InChI=1S/3C16H25NO2.ClH/c3*1-17(2)12-14-7-4-5-10-16(14,18)13-8-6-9-15(11-13)19-3;/h3*6,8-9,11,14,18H,4-5,7,10,12H2,1-3H3;1H/t2*14-,16+;;/m11../s1/i3*1D3,2D3;. The van der Waals surface area contributed by atoms with Gasteiger partial charge in [-0.2, -0.15) is 0 Å². The first-order valence-electron chi connectivity index (χ1n) is 28.9. The van der Waals surface area contributed by atoms with E-state index in [0.29, 0.717) is 87.2 Å². The monoisotopic (exact) mass is 844 g/mol. The Bertz CT molecular complexity index is 1980. The second-order valence-corrected chi connectivity index (χ2v) is 15.6. The molecule has 3 aromatic rings. The van der Waals surface area contributed by atoms with Gasteiger partial charge in [-0.3, -0.25) is 0 Å². The van der Waals surface area contributed by atoms with E-state index in [4.69, 9.17) is 38.9 Å². The van der Waals surface area contributed by atoms with E-state index in [9.17, 15) is 15.3 Å². The summed E-state index contributed by atoms with van der Waals surface area (Å²) >= 11 is 0. The average Bonchev–Trinajstić information content (AvgIpc) is 3.31. The number of hydrogen-bond donors (Lipinski definition) is 3. The van der Waals surface area contributed by atoms with E-state index in [2.05, 4.69) is 0 Å². The van der Waals surface area contributed by atoms with Crippen LogP contribution in [0.1, 0.15) is 118 Å². The molecule has 9 nitrogen and oxygen atoms in total. The molecular formula is C48H76ClN3O6. The maximum Gasteiger partial charge on any atom is 0.119 e. The van der Waals surface area contributed by atoms with Gasteiger partial charge in [0.2, 0.25) is 0 Å². The third-order valence-corrected chi connectivity index (χ3v) is 12.0. The highest BCUT2D eigenvalue weighted by Crippen LogP contribution is 2.45. The highest BCUT2D eigenvalue weighted by molar-refractivity contribution is 5.85. The summed E-state index contributed by atoms with van der Waals surface area (Å²) in [6, 6.07) is 21.1. The molecule has 6 rings (SSSR count). The van der Waals surface area contributed by atoms with Gasteiger partial charge < -0.3 is 44.2 Å². The molecule has 3 aliphatic carbocycles. The molecule has 3 saturated carbocycles. The molecule has 0 spiro atoms. The van der Waals surface area contributed by atoms with Gasteiger partial charge in [-0.1, -0.05) is 74.9 Å². The van der Waals surface area contributed by atoms with Crippen molar-refractivity contribution in [2.75, 3.05) is 82.8 Å². The van der Waals surface area contributed by atoms with Crippen molar-refractivity contribution in [3.8, 4) is 17.2 Å². The number of benzene rings is 3. The summed E-state index contributed by atoms with van der Waals surface area (Å²) in [5.74, 6) is 0.314. The maximum absolute atomic E-state index is 11.4. The molecule has 58 heavy (non-hydrogen) atoms. The van der Waals surface area contributed by atoms with Crippen molar-refractivity contribution in [1.29, 1.82) is 0 Å². The molecule has 3 aromatic carbocycles. The Morgan fingerprint density at radius 1 is 0.500 bits per heavy atom. The van der Waals surface area contributed by atoms with Gasteiger partial charge in [0, 0.05) is 62.1 Å². The molecule has 0 aliphatic heterocycles. The second-order valence-electron chi connectivity index (χ2n) is 15.6. The van der Waals surface area contributed by atoms with E-state index in [1.807, 2.05) is 0 Å². The van der Waals surface area contributed by atoms with Crippen LogP contribution in [0.25, 0.3) is 0 Å². The van der Waals surface area contributed by atoms with E-state index in [1.165, 1.54) is 21.3 Å². The molecule has 0 amide bonds. The first-order chi connectivity index (χ1) is 34.4. The topological polar surface area (TPSA) is 98.1 Å². The van der Waals surface area contributed by atoms with E-state index < -0.39 is 76.4 Å². The third kappa shape index (κ3) is 13.1. The summed E-state index contributed by atoms with van der Waals surface area (Å²) in [5, 5.41) is 34.1. The first-order valence-corrected chi connectivity index (χ1v) is 19.9. The molecule has 326 valence electrons. The molecule has 3 fully saturated rings. The van der Waals surface area contributed by atoms with Gasteiger partial charge in [0.1, 0.15) is 17.2 Å². The van der Waals surface area contributed by atoms with Crippen LogP contribution in [-0.2, 0) is 16.8 Å². The quantitative estimate of drug-likeness (QED) is 0.166. The molecule has 3 aliphatic rings. The Morgan fingerprint density at radius 2 is 0.776 bits per heavy atom. The van der Waals surface area contributed by atoms with Gasteiger partial charge in [-0.25, -0.2) is 0 Å². The fourth-order valence-electron chi connectivity index (χ4n) is 8.89. The van der Waals surface area contributed by atoms with Crippen LogP contribution in [0.4, 0.5) is 0 Å². The highest BCUT2D eigenvalue weighted by Gasteiger charge is 2.42. The molecule has 2 unspecified atom stereocenters. The van der Waals surface area contributed by atoms with Gasteiger partial charge in [-0.05, 0) is 133 Å². The minimum absolute atomic E-state index is 0. The van der Waals surface area contributed by atoms with E-state index in [1.54, 1.807) is 72.8 Å². The molecule has 0 heterocycles. The van der Waals surface area contributed by atoms with Gasteiger partial charge >= 0.3 is 0 Å². The first kappa shape index (κ1) is 28.6. The zero-order valence-corrected chi connectivity index (χ0v) is 34.9. The van der Waals surface area contributed by atoms with Crippen LogP contribution in [0.5, 0.6) is 17.2 Å². The van der Waals surface area contributed by atoms with Crippen molar-refractivity contribution in [2.24, 2.45) is 17.8 Å². The maximum atomic E-state index is 11.4. The smallest absolute Gasteiger partial charge is 0.119 e. The third-order valence-electron chi connectivity index (χ3n) is 12.0. The summed E-state index contributed by atoms with van der Waals surface area (Å²) in [5.41, 5.74) is -1.93. The summed E-state index contributed by atoms with van der Waals surface area (Å²) in [6.07, 6.45) is 7.95. The van der Waals surface area contributed by atoms with Crippen LogP contribution in [0.2, 0.25) is 0 Å². The SMILES string of the molecule is Cl.[2H]C([2H])([2H])N(CC1CCCCC1(O)c1cccc(OC)c1)C([2H])([2H])[2H].[2H]C([2H])([2H])N(C[C@H]1CCCC[C@]1(O)c1cccc(OC)c1)C([2H])([2H])[2H].[2H]C([2H])([2H])N(C[C@H]1CCCC[C@]1(O)c1cccc(OC)c1)C([2H])([2H])[2H]. The fourth-order valence-corrected chi connectivity index (χ4v) is 8.89. The number of halogens is 1. The number of aliphatic hydroxyl groups is 3. The summed E-state index contributed by atoms with van der Waals surface area (Å²) < 4.78 is 152. The molecule has 10 heteroatoms. The van der Waals surface area contributed by atoms with Gasteiger partial charge in [0.15, 0.2) is 0 Å². The minimum Gasteiger partial charge on any atom is -0.497 e. The molecule has 0 saturated heterocycles. The Kier molecular flexibility index (Phi) is 11.4. The Hall–Kier alpha value is -2.89. The predicted octanol–water partition coefficient (Wildman–Crippen LogP) is 8.33. The van der Waals surface area contributed by atoms with Gasteiger partial charge in [-0.15, -0.1) is 12.4 Å². The van der Waals surface area contributed by atoms with Crippen LogP contribution >= 0.6 is 12.4 Å². The predicted molar refractivity (Wildman–Crippen MR) is 239 cm³/mol. The lowest BCUT2D eigenvalue weighted by molar-refractivity contribution is -0.0621. The zero-order chi connectivity index (χ0) is 56.6. The molecule has 0 aromatic heterocycles. The van der Waals surface area contributed by atoms with Gasteiger partial charge in [0.25, 0.3) is 0 Å². The van der Waals surface area contributed by atoms with Crippen LogP contribution in [0.15, 0.2) is 72.8 Å². The Labute approximate surface area is 382 Å². The van der Waals surface area contributed by atoms with Crippen LogP contribution in [0.3, 0.4) is 0 Å². The van der Waals surface area contributed by atoms with Crippen molar-refractivity contribution >= 4 is 12.4 Å². The summed E-state index contributed by atoms with van der Waals surface area (Å²) in [6.45, 7) is -17.2. The van der Waals surface area contributed by atoms with Crippen molar-refractivity contribution in [3.05, 3.63) is 89.5 Å². The number of hydrogen-bond acceptors (Lipinski definition) is 9. The normalized spacial score (nSPS) is 32.9. The fraction of sp³-hybridized carbons (Fsp3) is 0.625. The lowest BCUT2D eigenvalue weighted by atomic mass is 9.71. The molecular weight excluding hydrogens is 750 g/mol. The summed E-state index contributed by atoms with van der Waals surface area (Å²) in [4.78, 5) is 1.63. The van der Waals surface area contributed by atoms with Crippen LogP contribution in [-0.4, -0.2) is 113 Å². The number of methoxy groups -OCH3 is 3. The largest absolute Gasteiger partial charge is 0.497 e. The molecule has 0 radical (unpaired) electrons. The van der Waals surface area contributed by atoms with Gasteiger partial charge in [0.05, 0.1) is 38.1 Å². The number of ether oxygens (including phenoxy) is 3. The number of rotatable bonds is 12. The van der Waals surface area contributed by atoms with E-state index in [0.717, 1.165) is 38.5 Å². The average molecular weight is 845 g/mol.